The van der Waals surface area contributed by atoms with Crippen molar-refractivity contribution in [1.29, 1.82) is 0 Å². The highest BCUT2D eigenvalue weighted by molar-refractivity contribution is 5.80. The number of carboxylic acid groups (broad SMARTS) is 2. The molecule has 0 amide bonds. The number of carbonyl (C=O) groups is 2. The van der Waals surface area contributed by atoms with Crippen molar-refractivity contribution in [2.24, 2.45) is 0 Å². The van der Waals surface area contributed by atoms with Gasteiger partial charge in [-0.1, -0.05) is 12.2 Å². The topological polar surface area (TPSA) is 80.3 Å². The molecule has 0 aliphatic carbocycles. The Balaban J connectivity index is 3.73. The molecule has 0 bridgehead atoms. The summed E-state index contributed by atoms with van der Waals surface area (Å²) in [6, 6.07) is 0. The van der Waals surface area contributed by atoms with E-state index in [2.05, 4.69) is 0 Å². The Morgan fingerprint density at radius 1 is 0.900 bits per heavy atom. The molecule has 0 aliphatic heterocycles. The highest BCUT2D eigenvalue weighted by Gasteiger charge is 1.69. The van der Waals surface area contributed by atoms with E-state index in [9.17, 15) is 19.8 Å². The van der Waals surface area contributed by atoms with Crippen molar-refractivity contribution >= 4 is 11.9 Å². The average Bonchev–Trinajstić information content (AvgIpc) is 1.79. The smallest absolute Gasteiger partial charge is 0.0642 e. The van der Waals surface area contributed by atoms with Gasteiger partial charge in [-0.3, -0.25) is 0 Å². The summed E-state index contributed by atoms with van der Waals surface area (Å²) in [5.74, 6) is -2.74. The SMILES string of the molecule is O=C([O-])/C=C\C=C\C(=O)[O-]. The van der Waals surface area contributed by atoms with E-state index in [1.54, 1.807) is 0 Å². The van der Waals surface area contributed by atoms with Gasteiger partial charge in [-0.15, -0.1) is 0 Å². The zero-order valence-electron chi connectivity index (χ0n) is 4.94. The number of carbonyl (C=O) groups excluding carboxylic acids is 2. The largest absolute Gasteiger partial charge is 0.545 e. The minimum atomic E-state index is -1.37. The first-order chi connectivity index (χ1) is 4.63. The molecule has 0 heterocycles. The maximum atomic E-state index is 9.65. The summed E-state index contributed by atoms with van der Waals surface area (Å²) in [5.41, 5.74) is 0. The molecule has 0 aliphatic rings. The standard InChI is InChI=1S/C6H6O4/c7-5(8)3-1-2-4-6(9)10/h1-4H,(H,7,8)(H,9,10)/p-2/b3-1-,4-2+. The first-order valence-corrected chi connectivity index (χ1v) is 2.39. The van der Waals surface area contributed by atoms with E-state index in [-0.39, 0.29) is 0 Å². The van der Waals surface area contributed by atoms with Gasteiger partial charge < -0.3 is 19.8 Å². The monoisotopic (exact) mass is 140 g/mol. The Bertz CT molecular complexity index is 168. The Labute approximate surface area is 57.1 Å². The Morgan fingerprint density at radius 3 is 1.40 bits per heavy atom. The molecule has 0 radical (unpaired) electrons. The van der Waals surface area contributed by atoms with Crippen LogP contribution in [0.25, 0.3) is 0 Å². The van der Waals surface area contributed by atoms with E-state index in [0.29, 0.717) is 12.2 Å². The quantitative estimate of drug-likeness (QED) is 0.323. The summed E-state index contributed by atoms with van der Waals surface area (Å²) < 4.78 is 0. The van der Waals surface area contributed by atoms with Crippen molar-refractivity contribution in [2.45, 2.75) is 0 Å². The van der Waals surface area contributed by atoms with Crippen LogP contribution in [0.5, 0.6) is 0 Å². The Hall–Kier alpha value is -1.58. The van der Waals surface area contributed by atoms with Crippen molar-refractivity contribution in [3.8, 4) is 0 Å². The van der Waals surface area contributed by atoms with Gasteiger partial charge in [0.2, 0.25) is 0 Å². The van der Waals surface area contributed by atoms with Crippen molar-refractivity contribution in [1.82, 2.24) is 0 Å². The molecule has 0 atom stereocenters. The number of hydrogen-bond acceptors (Lipinski definition) is 4. The molecule has 0 aromatic rings. The molecule has 0 fully saturated rings. The maximum absolute atomic E-state index is 9.65. The third-order valence-electron chi connectivity index (χ3n) is 0.576. The van der Waals surface area contributed by atoms with Gasteiger partial charge in [0.1, 0.15) is 0 Å². The van der Waals surface area contributed by atoms with Crippen LogP contribution >= 0.6 is 0 Å². The summed E-state index contributed by atoms with van der Waals surface area (Å²) in [5, 5.41) is 19.3. The fourth-order valence-electron chi connectivity index (χ4n) is 0.268. The third kappa shape index (κ3) is 6.42. The van der Waals surface area contributed by atoms with Crippen LogP contribution < -0.4 is 10.2 Å². The third-order valence-corrected chi connectivity index (χ3v) is 0.576. The van der Waals surface area contributed by atoms with Gasteiger partial charge in [0.05, 0.1) is 11.9 Å². The minimum absolute atomic E-state index is 0.708. The first-order valence-electron chi connectivity index (χ1n) is 2.39. The van der Waals surface area contributed by atoms with Crippen LogP contribution in [-0.2, 0) is 9.59 Å². The molecule has 0 N–H and O–H groups in total. The van der Waals surface area contributed by atoms with Gasteiger partial charge in [0.15, 0.2) is 0 Å². The van der Waals surface area contributed by atoms with Crippen LogP contribution in [0.4, 0.5) is 0 Å². The van der Waals surface area contributed by atoms with E-state index < -0.39 is 11.9 Å². The minimum Gasteiger partial charge on any atom is -0.545 e. The van der Waals surface area contributed by atoms with E-state index in [0.717, 1.165) is 12.2 Å². The Morgan fingerprint density at radius 2 is 1.20 bits per heavy atom. The van der Waals surface area contributed by atoms with Gasteiger partial charge in [-0.05, 0) is 12.2 Å². The normalized spacial score (nSPS) is 10.8. The lowest BCUT2D eigenvalue weighted by Crippen LogP contribution is -2.19. The highest BCUT2D eigenvalue weighted by atomic mass is 16.4. The lowest BCUT2D eigenvalue weighted by molar-refractivity contribution is -0.299. The fourth-order valence-corrected chi connectivity index (χ4v) is 0.268. The molecular weight excluding hydrogens is 136 g/mol. The molecule has 0 rings (SSSR count). The van der Waals surface area contributed by atoms with E-state index in [4.69, 9.17) is 0 Å². The van der Waals surface area contributed by atoms with Crippen molar-refractivity contribution in [3.63, 3.8) is 0 Å². The second-order valence-electron chi connectivity index (χ2n) is 1.36. The summed E-state index contributed by atoms with van der Waals surface area (Å²) in [4.78, 5) is 19.3. The second-order valence-corrected chi connectivity index (χ2v) is 1.36. The van der Waals surface area contributed by atoms with E-state index >= 15 is 0 Å². The Kier molecular flexibility index (Phi) is 3.63. The van der Waals surface area contributed by atoms with Crippen LogP contribution in [0.1, 0.15) is 0 Å². The number of hydrogen-bond donors (Lipinski definition) is 0. The van der Waals surface area contributed by atoms with Crippen molar-refractivity contribution in [2.75, 3.05) is 0 Å². The molecule has 4 nitrogen and oxygen atoms in total. The summed E-state index contributed by atoms with van der Waals surface area (Å²) in [7, 11) is 0. The second kappa shape index (κ2) is 4.31. The molecule has 0 saturated heterocycles. The molecule has 4 heteroatoms. The van der Waals surface area contributed by atoms with Crippen LogP contribution in [-0.4, -0.2) is 11.9 Å². The predicted octanol–water partition coefficient (Wildman–Crippen LogP) is -2.40. The molecule has 10 heavy (non-hydrogen) atoms. The molecule has 0 aromatic carbocycles. The molecule has 0 saturated carbocycles. The summed E-state index contributed by atoms with van der Waals surface area (Å²) >= 11 is 0. The van der Waals surface area contributed by atoms with Crippen molar-refractivity contribution in [3.05, 3.63) is 24.3 Å². The maximum Gasteiger partial charge on any atom is 0.0642 e. The summed E-state index contributed by atoms with van der Waals surface area (Å²) in [6.07, 6.45) is 3.48. The van der Waals surface area contributed by atoms with Crippen LogP contribution in [0.15, 0.2) is 24.3 Å². The number of allylic oxidation sites excluding steroid dienone is 2. The van der Waals surface area contributed by atoms with Crippen LogP contribution in [0.2, 0.25) is 0 Å². The van der Waals surface area contributed by atoms with Gasteiger partial charge >= 0.3 is 0 Å². The molecular formula is C6H4O4-2. The molecule has 0 unspecified atom stereocenters. The van der Waals surface area contributed by atoms with Crippen LogP contribution in [0, 0.1) is 0 Å². The number of aliphatic carboxylic acids is 2. The van der Waals surface area contributed by atoms with Crippen molar-refractivity contribution < 1.29 is 19.8 Å². The average molecular weight is 140 g/mol. The number of rotatable bonds is 3. The van der Waals surface area contributed by atoms with E-state index in [1.807, 2.05) is 0 Å². The zero-order valence-corrected chi connectivity index (χ0v) is 4.94. The molecule has 0 aromatic heterocycles. The fraction of sp³-hybridized carbons (Fsp3) is 0. The first kappa shape index (κ1) is 8.42. The van der Waals surface area contributed by atoms with E-state index in [1.165, 1.54) is 0 Å². The van der Waals surface area contributed by atoms with Gasteiger partial charge in [-0.2, -0.15) is 0 Å². The lowest BCUT2D eigenvalue weighted by Gasteiger charge is -1.88. The highest BCUT2D eigenvalue weighted by Crippen LogP contribution is 1.74. The zero-order chi connectivity index (χ0) is 7.98. The molecule has 54 valence electrons. The number of carboxylic acids is 2. The lowest BCUT2D eigenvalue weighted by atomic mass is 10.4. The van der Waals surface area contributed by atoms with Crippen LogP contribution in [0.3, 0.4) is 0 Å². The summed E-state index contributed by atoms with van der Waals surface area (Å²) in [6.45, 7) is 0. The molecule has 0 spiro atoms. The van der Waals surface area contributed by atoms with Gasteiger partial charge in [0, 0.05) is 0 Å². The van der Waals surface area contributed by atoms with Gasteiger partial charge in [0.25, 0.3) is 0 Å². The predicted molar refractivity (Wildman–Crippen MR) is 28.3 cm³/mol. The van der Waals surface area contributed by atoms with Gasteiger partial charge in [-0.25, -0.2) is 0 Å².